The van der Waals surface area contributed by atoms with Crippen molar-refractivity contribution in [3.63, 3.8) is 0 Å². The van der Waals surface area contributed by atoms with Crippen molar-refractivity contribution < 1.29 is 23.9 Å². The Bertz CT molecular complexity index is 206. The van der Waals surface area contributed by atoms with E-state index in [0.29, 0.717) is 0 Å². The third-order valence-corrected chi connectivity index (χ3v) is 1.71. The second-order valence-corrected chi connectivity index (χ2v) is 3.92. The Balaban J connectivity index is 3.40. The summed E-state index contributed by atoms with van der Waals surface area (Å²) in [4.78, 5) is 26.6. The average molecular weight is 193 g/mol. The molecule has 2 N–H and O–H groups in total. The van der Waals surface area contributed by atoms with E-state index in [9.17, 15) is 9.36 Å². The standard InChI is InChI=1S/C6H10O5P/c1-6(4-7)5-11-2-3-12(8,9)10/h1-3,5H2,(H2,8,9,10). The van der Waals surface area contributed by atoms with Crippen LogP contribution >= 0.6 is 7.60 Å². The minimum atomic E-state index is -3.99. The Labute approximate surface area is 70.2 Å². The Morgan fingerprint density at radius 2 is 2.17 bits per heavy atom. The minimum Gasteiger partial charge on any atom is -0.376 e. The molecule has 6 heteroatoms. The van der Waals surface area contributed by atoms with Gasteiger partial charge in [-0.2, -0.15) is 0 Å². The lowest BCUT2D eigenvalue weighted by Crippen LogP contribution is -2.04. The van der Waals surface area contributed by atoms with Gasteiger partial charge in [0.25, 0.3) is 0 Å². The highest BCUT2D eigenvalue weighted by atomic mass is 31.2. The topological polar surface area (TPSA) is 83.8 Å². The van der Waals surface area contributed by atoms with Gasteiger partial charge in [-0.05, 0) is 0 Å². The Morgan fingerprint density at radius 3 is 2.58 bits per heavy atom. The molecule has 0 fully saturated rings. The van der Waals surface area contributed by atoms with Crippen molar-refractivity contribution in [3.8, 4) is 0 Å². The molecule has 1 radical (unpaired) electrons. The predicted octanol–water partition coefficient (Wildman–Crippen LogP) is -0.153. The number of carbonyl (C=O) groups excluding carboxylic acids is 1. The first-order chi connectivity index (χ1) is 5.45. The first kappa shape index (κ1) is 11.5. The predicted molar refractivity (Wildman–Crippen MR) is 42.6 cm³/mol. The zero-order chi connectivity index (χ0) is 9.61. The maximum atomic E-state index is 10.3. The van der Waals surface area contributed by atoms with Crippen LogP contribution in [0.3, 0.4) is 0 Å². The molecule has 0 spiro atoms. The summed E-state index contributed by atoms with van der Waals surface area (Å²) < 4.78 is 15.0. The molecule has 69 valence electrons. The van der Waals surface area contributed by atoms with Gasteiger partial charge in [-0.15, -0.1) is 0 Å². The van der Waals surface area contributed by atoms with Crippen molar-refractivity contribution >= 4 is 13.9 Å². The van der Waals surface area contributed by atoms with Crippen LogP contribution in [-0.2, 0) is 14.1 Å². The molecular formula is C6H10O5P. The van der Waals surface area contributed by atoms with Crippen LogP contribution in [0.25, 0.3) is 0 Å². The number of hydrogen-bond acceptors (Lipinski definition) is 3. The van der Waals surface area contributed by atoms with Gasteiger partial charge in [0.2, 0.25) is 6.29 Å². The summed E-state index contributed by atoms with van der Waals surface area (Å²) in [7, 11) is -3.99. The Morgan fingerprint density at radius 1 is 1.58 bits per heavy atom. The molecule has 0 amide bonds. The smallest absolute Gasteiger partial charge is 0.327 e. The third kappa shape index (κ3) is 7.63. The number of ether oxygens (including phenoxy) is 1. The molecular weight excluding hydrogens is 183 g/mol. The summed E-state index contributed by atoms with van der Waals surface area (Å²) in [5.41, 5.74) is 0.126. The van der Waals surface area contributed by atoms with Gasteiger partial charge in [-0.1, -0.05) is 6.58 Å². The lowest BCUT2D eigenvalue weighted by Gasteiger charge is -2.03. The molecule has 0 bridgehead atoms. The molecule has 0 unspecified atom stereocenters. The summed E-state index contributed by atoms with van der Waals surface area (Å²) in [5.74, 6) is 0. The summed E-state index contributed by atoms with van der Waals surface area (Å²) in [6, 6.07) is 0. The van der Waals surface area contributed by atoms with Crippen LogP contribution in [0, 0.1) is 0 Å². The number of rotatable bonds is 6. The molecule has 0 saturated heterocycles. The Kier molecular flexibility index (Phi) is 5.01. The quantitative estimate of drug-likeness (QED) is 0.348. The van der Waals surface area contributed by atoms with Gasteiger partial charge in [0.1, 0.15) is 0 Å². The summed E-state index contributed by atoms with van der Waals surface area (Å²) in [6.07, 6.45) is 1.15. The molecule has 0 aromatic carbocycles. The van der Waals surface area contributed by atoms with Crippen LogP contribution in [0.1, 0.15) is 0 Å². The molecule has 12 heavy (non-hydrogen) atoms. The van der Waals surface area contributed by atoms with Gasteiger partial charge in [0.05, 0.1) is 19.4 Å². The van der Waals surface area contributed by atoms with E-state index in [-0.39, 0.29) is 24.9 Å². The Hall–Kier alpha value is -0.480. The van der Waals surface area contributed by atoms with Gasteiger partial charge < -0.3 is 14.5 Å². The lowest BCUT2D eigenvalue weighted by molar-refractivity contribution is 0.171. The molecule has 0 saturated carbocycles. The molecule has 0 aliphatic carbocycles. The molecule has 0 aromatic rings. The van der Waals surface area contributed by atoms with Crippen molar-refractivity contribution in [2.45, 2.75) is 0 Å². The first-order valence-electron chi connectivity index (χ1n) is 3.14. The van der Waals surface area contributed by atoms with Crippen LogP contribution in [0.2, 0.25) is 0 Å². The van der Waals surface area contributed by atoms with Crippen LogP contribution in [0.15, 0.2) is 12.2 Å². The van der Waals surface area contributed by atoms with Crippen molar-refractivity contribution in [1.82, 2.24) is 0 Å². The zero-order valence-corrected chi connectivity index (χ0v) is 7.29. The maximum Gasteiger partial charge on any atom is 0.327 e. The van der Waals surface area contributed by atoms with Gasteiger partial charge in [-0.3, -0.25) is 9.36 Å². The van der Waals surface area contributed by atoms with Crippen molar-refractivity contribution in [1.29, 1.82) is 0 Å². The van der Waals surface area contributed by atoms with Gasteiger partial charge >= 0.3 is 7.60 Å². The molecule has 0 aliphatic heterocycles. The molecule has 0 aliphatic rings. The van der Waals surface area contributed by atoms with E-state index >= 15 is 0 Å². The fourth-order valence-electron chi connectivity index (χ4n) is 0.408. The highest BCUT2D eigenvalue weighted by Crippen LogP contribution is 2.33. The third-order valence-electron chi connectivity index (χ3n) is 0.948. The van der Waals surface area contributed by atoms with E-state index < -0.39 is 7.60 Å². The highest BCUT2D eigenvalue weighted by molar-refractivity contribution is 7.51. The van der Waals surface area contributed by atoms with Crippen molar-refractivity contribution in [2.24, 2.45) is 0 Å². The van der Waals surface area contributed by atoms with Crippen molar-refractivity contribution in [3.05, 3.63) is 12.2 Å². The fraction of sp³-hybridized carbons (Fsp3) is 0.500. The first-order valence-corrected chi connectivity index (χ1v) is 4.93. The fourth-order valence-corrected chi connectivity index (χ4v) is 0.775. The summed E-state index contributed by atoms with van der Waals surface area (Å²) in [5, 5.41) is 0. The normalized spacial score (nSPS) is 11.2. The van der Waals surface area contributed by atoms with Crippen LogP contribution in [0.5, 0.6) is 0 Å². The van der Waals surface area contributed by atoms with Crippen molar-refractivity contribution in [2.75, 3.05) is 19.4 Å². The second kappa shape index (κ2) is 5.22. The van der Waals surface area contributed by atoms with E-state index in [1.807, 2.05) is 0 Å². The van der Waals surface area contributed by atoms with E-state index in [2.05, 4.69) is 6.58 Å². The summed E-state index contributed by atoms with van der Waals surface area (Å²) >= 11 is 0. The lowest BCUT2D eigenvalue weighted by atomic mass is 10.4. The molecule has 5 nitrogen and oxygen atoms in total. The van der Waals surface area contributed by atoms with E-state index in [1.165, 1.54) is 6.29 Å². The van der Waals surface area contributed by atoms with Crippen LogP contribution in [-0.4, -0.2) is 35.4 Å². The second-order valence-electron chi connectivity index (χ2n) is 2.15. The van der Waals surface area contributed by atoms with Gasteiger partial charge in [0, 0.05) is 5.57 Å². The highest BCUT2D eigenvalue weighted by Gasteiger charge is 2.11. The van der Waals surface area contributed by atoms with Gasteiger partial charge in [-0.25, -0.2) is 0 Å². The molecule has 0 aromatic heterocycles. The van der Waals surface area contributed by atoms with Crippen LogP contribution < -0.4 is 0 Å². The van der Waals surface area contributed by atoms with Gasteiger partial charge in [0.15, 0.2) is 0 Å². The van der Waals surface area contributed by atoms with Crippen LogP contribution in [0.4, 0.5) is 0 Å². The van der Waals surface area contributed by atoms with E-state index in [4.69, 9.17) is 14.5 Å². The monoisotopic (exact) mass is 193 g/mol. The summed E-state index contributed by atoms with van der Waals surface area (Å²) in [6.45, 7) is 3.13. The molecule has 0 heterocycles. The van der Waals surface area contributed by atoms with E-state index in [0.717, 1.165) is 0 Å². The molecule has 0 atom stereocenters. The minimum absolute atomic E-state index is 0.0382. The number of hydrogen-bond donors (Lipinski definition) is 2. The SMILES string of the molecule is C=C([C]=O)COCCP(=O)(O)O. The zero-order valence-electron chi connectivity index (χ0n) is 6.39. The maximum absolute atomic E-state index is 10.3. The average Bonchev–Trinajstić information content (AvgIpc) is 1.96. The largest absolute Gasteiger partial charge is 0.376 e. The molecule has 0 rings (SSSR count). The van der Waals surface area contributed by atoms with E-state index in [1.54, 1.807) is 0 Å².